The average molecular weight is 990 g/mol. The van der Waals surface area contributed by atoms with Gasteiger partial charge in [-0.1, -0.05) is 83.1 Å². The number of fused-ring (bicyclic) bond motifs is 24. The third kappa shape index (κ3) is 11.1. The van der Waals surface area contributed by atoms with Crippen LogP contribution in [-0.2, 0) is 0 Å². The van der Waals surface area contributed by atoms with E-state index >= 15 is 0 Å². The summed E-state index contributed by atoms with van der Waals surface area (Å²) in [4.78, 5) is 35.4. The van der Waals surface area contributed by atoms with Gasteiger partial charge in [0.25, 0.3) is 0 Å². The molecular formula is C52H52N4S8. The lowest BCUT2D eigenvalue weighted by Crippen LogP contribution is -2.06. The molecule has 64 heavy (non-hydrogen) atoms. The van der Waals surface area contributed by atoms with E-state index in [4.69, 9.17) is 19.9 Å². The Morgan fingerprint density at radius 3 is 0.531 bits per heavy atom. The van der Waals surface area contributed by atoms with Crippen molar-refractivity contribution in [3.63, 3.8) is 0 Å². The minimum Gasteiger partial charge on any atom is -0.246 e. The Bertz CT molecular complexity index is 2460. The van der Waals surface area contributed by atoms with Crippen LogP contribution in [0.3, 0.4) is 0 Å². The number of thioether (sulfide) groups is 4. The zero-order chi connectivity index (χ0) is 45.3. The van der Waals surface area contributed by atoms with Gasteiger partial charge < -0.3 is 0 Å². The molecule has 0 unspecified atom stereocenters. The largest absolute Gasteiger partial charge is 0.246 e. The molecule has 12 heteroatoms. The average Bonchev–Trinajstić information content (AvgIpc) is 4.02. The van der Waals surface area contributed by atoms with Crippen molar-refractivity contribution in [1.29, 1.82) is 0 Å². The first kappa shape index (κ1) is 45.9. The lowest BCUT2D eigenvalue weighted by atomic mass is 10.2. The summed E-state index contributed by atoms with van der Waals surface area (Å²) >= 11 is 14.6. The van der Waals surface area contributed by atoms with Crippen LogP contribution in [0.4, 0.5) is 0 Å². The highest BCUT2D eigenvalue weighted by atomic mass is 32.2. The Labute approximate surface area is 412 Å². The first-order valence-electron chi connectivity index (χ1n) is 21.3. The number of thiophene rings is 4. The van der Waals surface area contributed by atoms with Crippen molar-refractivity contribution in [1.82, 2.24) is 19.9 Å². The van der Waals surface area contributed by atoms with E-state index in [0.29, 0.717) is 0 Å². The van der Waals surface area contributed by atoms with E-state index in [1.165, 1.54) is 19.6 Å². The predicted molar refractivity (Wildman–Crippen MR) is 289 cm³/mol. The van der Waals surface area contributed by atoms with Crippen LogP contribution < -0.4 is 0 Å². The van der Waals surface area contributed by atoms with Crippen LogP contribution in [0, 0.1) is 0 Å². The molecule has 16 bridgehead atoms. The van der Waals surface area contributed by atoms with E-state index in [0.717, 1.165) is 84.6 Å². The van der Waals surface area contributed by atoms with E-state index in [1.807, 2.05) is 47.0 Å². The third-order valence-corrected chi connectivity index (χ3v) is 18.2. The van der Waals surface area contributed by atoms with Crippen LogP contribution in [0.25, 0.3) is 84.6 Å². The number of rotatable bonds is 4. The summed E-state index contributed by atoms with van der Waals surface area (Å²) in [6, 6.07) is 35.8. The molecule has 1 aliphatic rings. The van der Waals surface area contributed by atoms with Crippen molar-refractivity contribution in [2.24, 2.45) is 0 Å². The van der Waals surface area contributed by atoms with Gasteiger partial charge in [0.15, 0.2) is 0 Å². The fraction of sp³-hybridized carbons (Fsp3) is 0.308. The Kier molecular flexibility index (Phi) is 12.5. The molecule has 0 N–H and O–H groups in total. The van der Waals surface area contributed by atoms with E-state index in [-0.39, 0.29) is 19.0 Å². The second kappa shape index (κ2) is 17.5. The maximum atomic E-state index is 5.39. The molecule has 0 saturated carbocycles. The SMILES string of the molecule is CC(C)(C)Sc1cc2nc(c1)-c1ccc(s1)-c1cc(SC(C)(C)C)cc(n1)-c1ccc(s1)-c1cc(SC(C)(C)C)cc(n1)-c1ccc(s1)-c1cc(SC(C)(C)C)cc(n1)-c1ccc-2s1. The number of hydrogen-bond donors (Lipinski definition) is 0. The van der Waals surface area contributed by atoms with Gasteiger partial charge >= 0.3 is 0 Å². The molecule has 0 aliphatic carbocycles. The molecule has 0 saturated heterocycles. The summed E-state index contributed by atoms with van der Waals surface area (Å²) in [5.41, 5.74) is 7.81. The number of aromatic nitrogens is 4. The van der Waals surface area contributed by atoms with E-state index in [2.05, 4.69) is 180 Å². The van der Waals surface area contributed by atoms with Crippen LogP contribution in [-0.4, -0.2) is 38.9 Å². The van der Waals surface area contributed by atoms with Crippen molar-refractivity contribution in [2.75, 3.05) is 0 Å². The summed E-state index contributed by atoms with van der Waals surface area (Å²) in [6.45, 7) is 27.3. The highest BCUT2D eigenvalue weighted by Gasteiger charge is 2.23. The molecule has 0 spiro atoms. The number of nitrogens with zero attached hydrogens (tertiary/aromatic N) is 4. The van der Waals surface area contributed by atoms with Crippen molar-refractivity contribution in [3.05, 3.63) is 97.1 Å². The topological polar surface area (TPSA) is 51.6 Å². The minimum atomic E-state index is 0.0314. The van der Waals surface area contributed by atoms with Gasteiger partial charge in [-0.05, 0) is 97.1 Å². The first-order valence-corrected chi connectivity index (χ1v) is 27.8. The van der Waals surface area contributed by atoms with Crippen LogP contribution in [0.1, 0.15) is 83.1 Å². The molecule has 8 aromatic heterocycles. The number of hydrogen-bond acceptors (Lipinski definition) is 12. The Morgan fingerprint density at radius 1 is 0.266 bits per heavy atom. The molecule has 0 amide bonds. The standard InChI is InChI=1S/C52H52N4S8/c1-49(2,3)61-29-21-33-41-13-15-43(57-41)35-23-30(62-50(4,5)6)25-37(54-35)45-17-19-47(59-45)39-27-32(64-52(10,11)12)28-40(56-39)48-20-18-46(60-48)38-26-31(63-51(7,8)9)24-36(55-38)44-16-14-42(58-44)34(22-29)53-33/h13-28H,1-12H3. The molecule has 9 heterocycles. The molecule has 0 fully saturated rings. The maximum absolute atomic E-state index is 5.39. The van der Waals surface area contributed by atoms with Crippen LogP contribution >= 0.6 is 92.4 Å². The molecule has 4 nitrogen and oxygen atoms in total. The molecule has 328 valence electrons. The molecule has 0 atom stereocenters. The fourth-order valence-electron chi connectivity index (χ4n) is 7.13. The molecule has 0 aromatic carbocycles. The third-order valence-electron chi connectivity index (χ3n) is 9.34. The Morgan fingerprint density at radius 2 is 0.406 bits per heavy atom. The normalized spacial score (nSPS) is 12.9. The lowest BCUT2D eigenvalue weighted by molar-refractivity contribution is 0.802. The van der Waals surface area contributed by atoms with Crippen LogP contribution in [0.15, 0.2) is 117 Å². The highest BCUT2D eigenvalue weighted by Crippen LogP contribution is 2.47. The van der Waals surface area contributed by atoms with Gasteiger partial charge in [0, 0.05) is 38.6 Å². The smallest absolute Gasteiger partial charge is 0.0820 e. The fourth-order valence-corrected chi connectivity index (χ4v) is 15.0. The van der Waals surface area contributed by atoms with Crippen molar-refractivity contribution >= 4 is 92.4 Å². The van der Waals surface area contributed by atoms with Gasteiger partial charge in [-0.15, -0.1) is 92.4 Å². The van der Waals surface area contributed by atoms with Crippen LogP contribution in [0.5, 0.6) is 0 Å². The summed E-state index contributed by atoms with van der Waals surface area (Å²) in [7, 11) is 0. The summed E-state index contributed by atoms with van der Waals surface area (Å²) in [5, 5.41) is 0. The van der Waals surface area contributed by atoms with E-state index in [9.17, 15) is 0 Å². The van der Waals surface area contributed by atoms with Gasteiger partial charge in [0.1, 0.15) is 0 Å². The molecule has 9 rings (SSSR count). The van der Waals surface area contributed by atoms with Gasteiger partial charge in [-0.25, -0.2) is 19.9 Å². The summed E-state index contributed by atoms with van der Waals surface area (Å²) in [6.07, 6.45) is 0. The Balaban J connectivity index is 1.27. The van der Waals surface area contributed by atoms with Gasteiger partial charge in [0.05, 0.1) is 84.6 Å². The van der Waals surface area contributed by atoms with Crippen molar-refractivity contribution in [2.45, 2.75) is 122 Å². The van der Waals surface area contributed by atoms with Crippen molar-refractivity contribution < 1.29 is 0 Å². The second-order valence-electron chi connectivity index (χ2n) is 19.8. The van der Waals surface area contributed by atoms with Crippen molar-refractivity contribution in [3.8, 4) is 84.6 Å². The lowest BCUT2D eigenvalue weighted by Gasteiger charge is -2.18. The quantitative estimate of drug-likeness (QED) is 0.162. The second-order valence-corrected chi connectivity index (χ2v) is 31.7. The molecule has 8 aromatic rings. The van der Waals surface area contributed by atoms with E-state index in [1.54, 1.807) is 45.3 Å². The zero-order valence-corrected chi connectivity index (χ0v) is 44.8. The first-order chi connectivity index (χ1) is 30.0. The predicted octanol–water partition coefficient (Wildman–Crippen LogP) is 18.7. The van der Waals surface area contributed by atoms with Gasteiger partial charge in [0.2, 0.25) is 0 Å². The monoisotopic (exact) mass is 988 g/mol. The minimum absolute atomic E-state index is 0.0314. The summed E-state index contributed by atoms with van der Waals surface area (Å²) < 4.78 is 0.125. The zero-order valence-electron chi connectivity index (χ0n) is 38.3. The highest BCUT2D eigenvalue weighted by molar-refractivity contribution is 8.01. The number of pyridine rings is 4. The molecular weight excluding hydrogens is 937 g/mol. The molecule has 0 radical (unpaired) electrons. The summed E-state index contributed by atoms with van der Waals surface area (Å²) in [5.74, 6) is 0. The van der Waals surface area contributed by atoms with Gasteiger partial charge in [-0.3, -0.25) is 0 Å². The Hall–Kier alpha value is -3.20. The van der Waals surface area contributed by atoms with E-state index < -0.39 is 0 Å². The molecule has 1 aliphatic heterocycles. The van der Waals surface area contributed by atoms with Crippen LogP contribution in [0.2, 0.25) is 0 Å². The maximum Gasteiger partial charge on any atom is 0.0820 e. The van der Waals surface area contributed by atoms with Gasteiger partial charge in [-0.2, -0.15) is 0 Å².